The Morgan fingerprint density at radius 1 is 1.03 bits per heavy atom. The zero-order chi connectivity index (χ0) is 25.8. The zero-order valence-electron chi connectivity index (χ0n) is 21.4. The van der Waals surface area contributed by atoms with E-state index >= 15 is 0 Å². The summed E-state index contributed by atoms with van der Waals surface area (Å²) in [7, 11) is 0. The zero-order valence-corrected chi connectivity index (χ0v) is 21.4. The molecule has 2 amide bonds. The lowest BCUT2D eigenvalue weighted by Crippen LogP contribution is -2.40. The molecule has 35 heavy (non-hydrogen) atoms. The van der Waals surface area contributed by atoms with Gasteiger partial charge in [0.25, 0.3) is 0 Å². The lowest BCUT2D eigenvalue weighted by molar-refractivity contribution is 0.1000. The molecule has 3 aromatic rings. The minimum Gasteiger partial charge on any atom is -0.445 e. The maximum absolute atomic E-state index is 12.5. The monoisotopic (exact) mass is 473 g/mol. The van der Waals surface area contributed by atoms with Crippen LogP contribution in [0.25, 0.3) is 22.4 Å². The number of nitrogens with two attached hydrogens (primary N) is 1. The molecule has 6 heteroatoms. The Morgan fingerprint density at radius 2 is 1.71 bits per heavy atom. The molecule has 6 nitrogen and oxygen atoms in total. The van der Waals surface area contributed by atoms with Gasteiger partial charge in [0, 0.05) is 27.9 Å². The smallest absolute Gasteiger partial charge is 0.407 e. The third kappa shape index (κ3) is 7.15. The first kappa shape index (κ1) is 25.9. The summed E-state index contributed by atoms with van der Waals surface area (Å²) in [5.41, 5.74) is 11.9. The van der Waals surface area contributed by atoms with E-state index in [1.807, 2.05) is 39.8 Å². The lowest BCUT2D eigenvalue weighted by Gasteiger charge is -2.22. The van der Waals surface area contributed by atoms with Crippen LogP contribution in [0.2, 0.25) is 0 Å². The van der Waals surface area contributed by atoms with E-state index in [0.29, 0.717) is 17.9 Å². The van der Waals surface area contributed by atoms with Crippen molar-refractivity contribution in [1.82, 2.24) is 10.3 Å². The summed E-state index contributed by atoms with van der Waals surface area (Å²) in [6.07, 6.45) is 0.239. The van der Waals surface area contributed by atoms with Gasteiger partial charge in [0.1, 0.15) is 6.61 Å². The van der Waals surface area contributed by atoms with Crippen molar-refractivity contribution in [2.24, 2.45) is 11.7 Å². The minimum atomic E-state index is -0.483. The number of rotatable bonds is 7. The second kappa shape index (κ2) is 10.7. The van der Waals surface area contributed by atoms with Crippen molar-refractivity contribution in [3.05, 3.63) is 77.0 Å². The maximum atomic E-state index is 12.5. The molecule has 0 saturated heterocycles. The van der Waals surface area contributed by atoms with Crippen molar-refractivity contribution in [3.8, 4) is 22.4 Å². The van der Waals surface area contributed by atoms with Crippen molar-refractivity contribution in [2.45, 2.75) is 60.1 Å². The van der Waals surface area contributed by atoms with E-state index in [9.17, 15) is 9.59 Å². The molecule has 3 rings (SSSR count). The molecule has 3 N–H and O–H groups in total. The van der Waals surface area contributed by atoms with Crippen LogP contribution in [-0.4, -0.2) is 22.5 Å². The van der Waals surface area contributed by atoms with Crippen molar-refractivity contribution in [3.63, 3.8) is 0 Å². The SMILES string of the molecule is Cc1ccc(-c2cc(-c3cccc(C(N)=O)c3)nc(CC(C)C)c2COC(=O)NC(C)(C)C)cc1. The first-order valence-electron chi connectivity index (χ1n) is 11.9. The molecule has 0 radical (unpaired) electrons. The predicted molar refractivity (Wildman–Crippen MR) is 140 cm³/mol. The van der Waals surface area contributed by atoms with Crippen molar-refractivity contribution < 1.29 is 14.3 Å². The first-order valence-corrected chi connectivity index (χ1v) is 11.9. The van der Waals surface area contributed by atoms with Crippen LogP contribution in [0.15, 0.2) is 54.6 Å². The van der Waals surface area contributed by atoms with E-state index in [1.54, 1.807) is 18.2 Å². The van der Waals surface area contributed by atoms with Crippen LogP contribution in [0.3, 0.4) is 0 Å². The third-order valence-corrected chi connectivity index (χ3v) is 5.44. The molecule has 0 saturated carbocycles. The van der Waals surface area contributed by atoms with Gasteiger partial charge in [-0.15, -0.1) is 0 Å². The quantitative estimate of drug-likeness (QED) is 0.437. The molecular weight excluding hydrogens is 438 g/mol. The topological polar surface area (TPSA) is 94.3 Å². The Bertz CT molecular complexity index is 1210. The number of aryl methyl sites for hydroxylation is 1. The number of carbonyl (C=O) groups excluding carboxylic acids is 2. The number of benzene rings is 2. The Labute approximate surface area is 207 Å². The molecule has 0 aliphatic rings. The number of ether oxygens (including phenoxy) is 1. The molecule has 0 aliphatic heterocycles. The fraction of sp³-hybridized carbons (Fsp3) is 0.345. The van der Waals surface area contributed by atoms with E-state index in [2.05, 4.69) is 43.4 Å². The van der Waals surface area contributed by atoms with Gasteiger partial charge in [-0.1, -0.05) is 55.8 Å². The van der Waals surface area contributed by atoms with Gasteiger partial charge < -0.3 is 15.8 Å². The van der Waals surface area contributed by atoms with Crippen LogP contribution in [0.1, 0.15) is 61.8 Å². The summed E-state index contributed by atoms with van der Waals surface area (Å²) in [4.78, 5) is 29.2. The van der Waals surface area contributed by atoms with Crippen LogP contribution in [0, 0.1) is 12.8 Å². The summed E-state index contributed by atoms with van der Waals surface area (Å²) in [5, 5.41) is 2.85. The molecule has 1 heterocycles. The van der Waals surface area contributed by atoms with E-state index in [0.717, 1.165) is 39.2 Å². The van der Waals surface area contributed by atoms with Gasteiger partial charge in [-0.2, -0.15) is 0 Å². The number of amides is 2. The fourth-order valence-electron chi connectivity index (χ4n) is 3.79. The predicted octanol–water partition coefficient (Wildman–Crippen LogP) is 6.05. The van der Waals surface area contributed by atoms with Gasteiger partial charge in [0.2, 0.25) is 5.91 Å². The Morgan fingerprint density at radius 3 is 2.31 bits per heavy atom. The minimum absolute atomic E-state index is 0.0990. The first-order chi connectivity index (χ1) is 16.4. The second-order valence-electron chi connectivity index (χ2n) is 10.3. The van der Waals surface area contributed by atoms with Crippen molar-refractivity contribution >= 4 is 12.0 Å². The molecule has 2 aromatic carbocycles. The number of nitrogens with one attached hydrogen (secondary N) is 1. The molecule has 184 valence electrons. The molecule has 0 unspecified atom stereocenters. The highest BCUT2D eigenvalue weighted by atomic mass is 16.5. The standard InChI is InChI=1S/C29H35N3O3/c1-18(2)14-26-24(17-35-28(34)32-29(4,5)6)23(20-12-10-19(3)11-13-20)16-25(31-26)21-8-7-9-22(15-21)27(30)33/h7-13,15-16,18H,14,17H2,1-6H3,(H2,30,33)(H,32,34). The number of pyridine rings is 1. The van der Waals surface area contributed by atoms with Crippen molar-refractivity contribution in [1.29, 1.82) is 0 Å². The van der Waals surface area contributed by atoms with Crippen LogP contribution >= 0.6 is 0 Å². The van der Waals surface area contributed by atoms with E-state index in [-0.39, 0.29) is 6.61 Å². The van der Waals surface area contributed by atoms with Gasteiger partial charge in [-0.25, -0.2) is 4.79 Å². The second-order valence-corrected chi connectivity index (χ2v) is 10.3. The molecule has 1 aromatic heterocycles. The highest BCUT2D eigenvalue weighted by Gasteiger charge is 2.20. The van der Waals surface area contributed by atoms with Crippen molar-refractivity contribution in [2.75, 3.05) is 0 Å². The van der Waals surface area contributed by atoms with Crippen LogP contribution < -0.4 is 11.1 Å². The maximum Gasteiger partial charge on any atom is 0.407 e. The molecule has 0 spiro atoms. The van der Waals surface area contributed by atoms with Crippen LogP contribution in [-0.2, 0) is 17.8 Å². The Hall–Kier alpha value is -3.67. The number of hydrogen-bond donors (Lipinski definition) is 2. The largest absolute Gasteiger partial charge is 0.445 e. The third-order valence-electron chi connectivity index (χ3n) is 5.44. The number of aromatic nitrogens is 1. The highest BCUT2D eigenvalue weighted by molar-refractivity contribution is 5.94. The number of primary amides is 1. The average Bonchev–Trinajstić information content (AvgIpc) is 2.77. The molecular formula is C29H35N3O3. The van der Waals surface area contributed by atoms with Gasteiger partial charge in [0.05, 0.1) is 5.69 Å². The van der Waals surface area contributed by atoms with E-state index < -0.39 is 17.5 Å². The highest BCUT2D eigenvalue weighted by Crippen LogP contribution is 2.32. The molecule has 0 fully saturated rings. The summed E-state index contributed by atoms with van der Waals surface area (Å²) in [6.45, 7) is 12.1. The summed E-state index contributed by atoms with van der Waals surface area (Å²) >= 11 is 0. The number of carbonyl (C=O) groups is 2. The fourth-order valence-corrected chi connectivity index (χ4v) is 3.79. The molecule has 0 bridgehead atoms. The average molecular weight is 474 g/mol. The number of alkyl carbamates (subject to hydrolysis) is 1. The van der Waals surface area contributed by atoms with Gasteiger partial charge >= 0.3 is 6.09 Å². The van der Waals surface area contributed by atoms with Crippen LogP contribution in [0.4, 0.5) is 4.79 Å². The van der Waals surface area contributed by atoms with Gasteiger partial charge in [0.15, 0.2) is 0 Å². The lowest BCUT2D eigenvalue weighted by atomic mass is 9.93. The number of nitrogens with zero attached hydrogens (tertiary/aromatic N) is 1. The van der Waals surface area contributed by atoms with Gasteiger partial charge in [-0.3, -0.25) is 9.78 Å². The van der Waals surface area contributed by atoms with E-state index in [1.165, 1.54) is 0 Å². The summed E-state index contributed by atoms with van der Waals surface area (Å²) in [5.74, 6) is -0.148. The Kier molecular flexibility index (Phi) is 7.95. The molecule has 0 aliphatic carbocycles. The Balaban J connectivity index is 2.15. The normalized spacial score (nSPS) is 11.4. The summed E-state index contributed by atoms with van der Waals surface area (Å²) < 4.78 is 5.66. The number of hydrogen-bond acceptors (Lipinski definition) is 4. The van der Waals surface area contributed by atoms with E-state index in [4.69, 9.17) is 15.5 Å². The van der Waals surface area contributed by atoms with Crippen LogP contribution in [0.5, 0.6) is 0 Å². The molecule has 0 atom stereocenters. The van der Waals surface area contributed by atoms with Gasteiger partial charge in [-0.05, 0) is 69.4 Å². The summed E-state index contributed by atoms with van der Waals surface area (Å²) in [6, 6.07) is 17.4.